The first-order valence-corrected chi connectivity index (χ1v) is 8.02. The second-order valence-electron chi connectivity index (χ2n) is 6.47. The summed E-state index contributed by atoms with van der Waals surface area (Å²) in [5.41, 5.74) is 2.77. The Bertz CT molecular complexity index is 394. The van der Waals surface area contributed by atoms with E-state index in [4.69, 9.17) is 4.74 Å². The van der Waals surface area contributed by atoms with Gasteiger partial charge < -0.3 is 10.1 Å². The summed E-state index contributed by atoms with van der Waals surface area (Å²) in [6.45, 7) is 6.50. The summed E-state index contributed by atoms with van der Waals surface area (Å²) in [6, 6.07) is 8.68. The number of ether oxygens (including phenoxy) is 1. The quantitative estimate of drug-likeness (QED) is 0.853. The molecule has 2 unspecified atom stereocenters. The van der Waals surface area contributed by atoms with E-state index in [1.165, 1.54) is 30.4 Å². The molecule has 2 rings (SSSR count). The number of benzene rings is 1. The maximum absolute atomic E-state index is 6.21. The van der Waals surface area contributed by atoms with Crippen LogP contribution >= 0.6 is 0 Å². The summed E-state index contributed by atoms with van der Waals surface area (Å²) < 4.78 is 6.21. The molecule has 20 heavy (non-hydrogen) atoms. The standard InChI is InChI=1S/C18H29NO/c1-14-10-15(2)12-18(11-14)20-13-17-7-5-4-6-16(17)8-9-19-3/h4-7,14-15,18-19H,8-13H2,1-3H3. The molecule has 0 aliphatic heterocycles. The van der Waals surface area contributed by atoms with E-state index in [1.807, 2.05) is 7.05 Å². The van der Waals surface area contributed by atoms with E-state index >= 15 is 0 Å². The average molecular weight is 275 g/mol. The van der Waals surface area contributed by atoms with Gasteiger partial charge in [-0.05, 0) is 62.2 Å². The van der Waals surface area contributed by atoms with Gasteiger partial charge in [0.15, 0.2) is 0 Å². The van der Waals surface area contributed by atoms with Gasteiger partial charge in [-0.1, -0.05) is 38.1 Å². The highest BCUT2D eigenvalue weighted by atomic mass is 16.5. The Hall–Kier alpha value is -0.860. The highest BCUT2D eigenvalue weighted by Gasteiger charge is 2.24. The molecule has 0 heterocycles. The molecule has 1 aliphatic carbocycles. The predicted octanol–water partition coefficient (Wildman–Crippen LogP) is 3.79. The van der Waals surface area contributed by atoms with E-state index in [2.05, 4.69) is 43.4 Å². The van der Waals surface area contributed by atoms with E-state index in [9.17, 15) is 0 Å². The third-order valence-electron chi connectivity index (χ3n) is 4.37. The van der Waals surface area contributed by atoms with Crippen molar-refractivity contribution in [2.75, 3.05) is 13.6 Å². The van der Waals surface area contributed by atoms with Gasteiger partial charge in [0.1, 0.15) is 0 Å². The normalized spacial score (nSPS) is 26.6. The predicted molar refractivity (Wildman–Crippen MR) is 84.8 cm³/mol. The van der Waals surface area contributed by atoms with Crippen LogP contribution in [0.15, 0.2) is 24.3 Å². The lowest BCUT2D eigenvalue weighted by Crippen LogP contribution is -2.26. The lowest BCUT2D eigenvalue weighted by atomic mass is 9.82. The zero-order chi connectivity index (χ0) is 14.4. The maximum atomic E-state index is 6.21. The number of hydrogen-bond acceptors (Lipinski definition) is 2. The van der Waals surface area contributed by atoms with Crippen LogP contribution in [0.25, 0.3) is 0 Å². The van der Waals surface area contributed by atoms with Crippen LogP contribution in [-0.4, -0.2) is 19.7 Å². The molecular weight excluding hydrogens is 246 g/mol. The lowest BCUT2D eigenvalue weighted by molar-refractivity contribution is -0.00940. The molecule has 1 aromatic carbocycles. The molecule has 0 bridgehead atoms. The largest absolute Gasteiger partial charge is 0.374 e. The fourth-order valence-corrected chi connectivity index (χ4v) is 3.42. The van der Waals surface area contributed by atoms with Crippen LogP contribution < -0.4 is 5.32 Å². The number of hydrogen-bond donors (Lipinski definition) is 1. The zero-order valence-corrected chi connectivity index (χ0v) is 13.2. The Kier molecular flexibility index (Phi) is 6.06. The highest BCUT2D eigenvalue weighted by Crippen LogP contribution is 2.30. The Labute approximate surface area is 123 Å². The Morgan fingerprint density at radius 3 is 2.35 bits per heavy atom. The molecule has 1 saturated carbocycles. The smallest absolute Gasteiger partial charge is 0.0723 e. The van der Waals surface area contributed by atoms with Gasteiger partial charge in [-0.3, -0.25) is 0 Å². The highest BCUT2D eigenvalue weighted by molar-refractivity contribution is 5.26. The molecule has 0 saturated heterocycles. The van der Waals surface area contributed by atoms with Gasteiger partial charge in [0, 0.05) is 0 Å². The summed E-state index contributed by atoms with van der Waals surface area (Å²) in [5, 5.41) is 3.22. The lowest BCUT2D eigenvalue weighted by Gasteiger charge is -2.31. The molecule has 2 nitrogen and oxygen atoms in total. The fourth-order valence-electron chi connectivity index (χ4n) is 3.42. The van der Waals surface area contributed by atoms with Crippen LogP contribution in [0.4, 0.5) is 0 Å². The molecule has 1 N–H and O–H groups in total. The van der Waals surface area contributed by atoms with Crippen molar-refractivity contribution in [3.05, 3.63) is 35.4 Å². The molecule has 2 heteroatoms. The summed E-state index contributed by atoms with van der Waals surface area (Å²) in [5.74, 6) is 1.62. The third-order valence-corrected chi connectivity index (χ3v) is 4.37. The first-order valence-electron chi connectivity index (χ1n) is 8.02. The van der Waals surface area contributed by atoms with Crippen LogP contribution in [0.1, 0.15) is 44.2 Å². The van der Waals surface area contributed by atoms with Gasteiger partial charge in [-0.2, -0.15) is 0 Å². The van der Waals surface area contributed by atoms with Crippen molar-refractivity contribution >= 4 is 0 Å². The minimum atomic E-state index is 0.450. The van der Waals surface area contributed by atoms with Crippen molar-refractivity contribution in [3.8, 4) is 0 Å². The monoisotopic (exact) mass is 275 g/mol. The van der Waals surface area contributed by atoms with Crippen molar-refractivity contribution in [2.24, 2.45) is 11.8 Å². The van der Waals surface area contributed by atoms with Gasteiger partial charge in [-0.25, -0.2) is 0 Å². The molecule has 1 fully saturated rings. The molecule has 0 spiro atoms. The van der Waals surface area contributed by atoms with Crippen LogP contribution in [-0.2, 0) is 17.8 Å². The molecule has 1 aromatic rings. The van der Waals surface area contributed by atoms with E-state index in [-0.39, 0.29) is 0 Å². The van der Waals surface area contributed by atoms with Gasteiger partial charge in [0.25, 0.3) is 0 Å². The zero-order valence-electron chi connectivity index (χ0n) is 13.2. The van der Waals surface area contributed by atoms with Gasteiger partial charge >= 0.3 is 0 Å². The van der Waals surface area contributed by atoms with Crippen LogP contribution in [0.3, 0.4) is 0 Å². The van der Waals surface area contributed by atoms with Crippen LogP contribution in [0, 0.1) is 11.8 Å². The van der Waals surface area contributed by atoms with Crippen LogP contribution in [0.5, 0.6) is 0 Å². The Balaban J connectivity index is 1.90. The van der Waals surface area contributed by atoms with E-state index < -0.39 is 0 Å². The van der Waals surface area contributed by atoms with E-state index in [0.717, 1.165) is 31.4 Å². The maximum Gasteiger partial charge on any atom is 0.0723 e. The minimum absolute atomic E-state index is 0.450. The molecule has 0 radical (unpaired) electrons. The van der Waals surface area contributed by atoms with Gasteiger partial charge in [0.05, 0.1) is 12.7 Å². The first kappa shape index (κ1) is 15.5. The number of rotatable bonds is 6. The third kappa shape index (κ3) is 4.60. The summed E-state index contributed by atoms with van der Waals surface area (Å²) in [6.07, 6.45) is 5.34. The van der Waals surface area contributed by atoms with E-state index in [0.29, 0.717) is 6.10 Å². The molecule has 112 valence electrons. The Morgan fingerprint density at radius 1 is 1.05 bits per heavy atom. The first-order chi connectivity index (χ1) is 9.69. The van der Waals surface area contributed by atoms with Gasteiger partial charge in [0.2, 0.25) is 0 Å². The fraction of sp³-hybridized carbons (Fsp3) is 0.667. The van der Waals surface area contributed by atoms with Gasteiger partial charge in [-0.15, -0.1) is 0 Å². The van der Waals surface area contributed by atoms with Crippen molar-refractivity contribution in [3.63, 3.8) is 0 Å². The Morgan fingerprint density at radius 2 is 1.70 bits per heavy atom. The second-order valence-corrected chi connectivity index (χ2v) is 6.47. The molecule has 0 aromatic heterocycles. The van der Waals surface area contributed by atoms with Crippen molar-refractivity contribution in [1.29, 1.82) is 0 Å². The molecule has 1 aliphatic rings. The molecule has 2 atom stereocenters. The van der Waals surface area contributed by atoms with Crippen molar-refractivity contribution in [1.82, 2.24) is 5.32 Å². The van der Waals surface area contributed by atoms with Crippen LogP contribution in [0.2, 0.25) is 0 Å². The summed E-state index contributed by atoms with van der Waals surface area (Å²) in [7, 11) is 2.00. The van der Waals surface area contributed by atoms with E-state index in [1.54, 1.807) is 0 Å². The SMILES string of the molecule is CNCCc1ccccc1COC1CC(C)CC(C)C1. The number of likely N-dealkylation sites (N-methyl/N-ethyl adjacent to an activating group) is 1. The van der Waals surface area contributed by atoms with Crippen molar-refractivity contribution in [2.45, 2.75) is 52.2 Å². The minimum Gasteiger partial charge on any atom is -0.374 e. The molecule has 0 amide bonds. The van der Waals surface area contributed by atoms with Crippen molar-refractivity contribution < 1.29 is 4.74 Å². The molecular formula is C18H29NO. The summed E-state index contributed by atoms with van der Waals surface area (Å²) >= 11 is 0. The number of nitrogens with one attached hydrogen (secondary N) is 1. The topological polar surface area (TPSA) is 21.3 Å². The average Bonchev–Trinajstić information content (AvgIpc) is 2.43. The second kappa shape index (κ2) is 7.80. The summed E-state index contributed by atoms with van der Waals surface area (Å²) in [4.78, 5) is 0.